The molecule has 27 heavy (non-hydrogen) atoms. The molecule has 0 saturated heterocycles. The first kappa shape index (κ1) is 18.8. The first-order valence-corrected chi connectivity index (χ1v) is 8.98. The molecule has 0 aliphatic carbocycles. The number of pyridine rings is 1. The van der Waals surface area contributed by atoms with Gasteiger partial charge < -0.3 is 14.6 Å². The van der Waals surface area contributed by atoms with Crippen LogP contribution in [0.5, 0.6) is 0 Å². The molecule has 0 radical (unpaired) electrons. The van der Waals surface area contributed by atoms with Crippen molar-refractivity contribution in [3.05, 3.63) is 71.5 Å². The molecule has 0 atom stereocenters. The van der Waals surface area contributed by atoms with Crippen LogP contribution in [0.2, 0.25) is 0 Å². The van der Waals surface area contributed by atoms with E-state index in [1.807, 2.05) is 50.5 Å². The van der Waals surface area contributed by atoms with Crippen molar-refractivity contribution < 1.29 is 9.59 Å². The number of aromatic nitrogens is 2. The molecule has 0 bridgehead atoms. The van der Waals surface area contributed by atoms with E-state index in [1.54, 1.807) is 15.5 Å². The summed E-state index contributed by atoms with van der Waals surface area (Å²) in [5.74, 6) is -0.225. The molecule has 0 fully saturated rings. The van der Waals surface area contributed by atoms with Crippen LogP contribution in [0.15, 0.2) is 54.7 Å². The molecule has 0 spiro atoms. The maximum Gasteiger partial charge on any atom is 0.274 e. The lowest BCUT2D eigenvalue weighted by Crippen LogP contribution is -2.38. The monoisotopic (exact) mass is 364 g/mol. The molecule has 1 aromatic carbocycles. The summed E-state index contributed by atoms with van der Waals surface area (Å²) in [5.41, 5.74) is 3.54. The van der Waals surface area contributed by atoms with Gasteiger partial charge in [-0.2, -0.15) is 5.10 Å². The maximum absolute atomic E-state index is 12.8. The number of carbonyl (C=O) groups excluding carboxylic acids is 2. The Morgan fingerprint density at radius 3 is 2.67 bits per heavy atom. The van der Waals surface area contributed by atoms with Gasteiger partial charge in [-0.3, -0.25) is 4.79 Å². The zero-order valence-electron chi connectivity index (χ0n) is 15.7. The molecule has 1 amide bonds. The number of hydrogen-bond donors (Lipinski definition) is 0. The SMILES string of the molecule is Cc1ccn2nc(C(=O)N(CC=O)CCN(C)Cc3ccccc3)cc2c1. The van der Waals surface area contributed by atoms with E-state index in [9.17, 15) is 9.59 Å². The number of likely N-dealkylation sites (N-methyl/N-ethyl adjacent to an activating group) is 1. The van der Waals surface area contributed by atoms with E-state index in [-0.39, 0.29) is 12.5 Å². The summed E-state index contributed by atoms with van der Waals surface area (Å²) >= 11 is 0. The Bertz CT molecular complexity index is 920. The summed E-state index contributed by atoms with van der Waals surface area (Å²) in [6.45, 7) is 3.98. The quantitative estimate of drug-likeness (QED) is 0.576. The first-order chi connectivity index (χ1) is 13.1. The van der Waals surface area contributed by atoms with Crippen LogP contribution in [-0.4, -0.2) is 58.3 Å². The van der Waals surface area contributed by atoms with Crippen molar-refractivity contribution >= 4 is 17.7 Å². The predicted octanol–water partition coefficient (Wildman–Crippen LogP) is 2.42. The van der Waals surface area contributed by atoms with E-state index in [0.717, 1.165) is 23.9 Å². The number of amides is 1. The second-order valence-corrected chi connectivity index (χ2v) is 6.74. The molecule has 6 nitrogen and oxygen atoms in total. The fourth-order valence-electron chi connectivity index (χ4n) is 3.00. The molecular weight excluding hydrogens is 340 g/mol. The number of fused-ring (bicyclic) bond motifs is 1. The van der Waals surface area contributed by atoms with Gasteiger partial charge in [-0.15, -0.1) is 0 Å². The summed E-state index contributed by atoms with van der Waals surface area (Å²) in [6, 6.07) is 15.8. The zero-order valence-corrected chi connectivity index (χ0v) is 15.7. The van der Waals surface area contributed by atoms with Crippen LogP contribution in [-0.2, 0) is 11.3 Å². The first-order valence-electron chi connectivity index (χ1n) is 8.98. The van der Waals surface area contributed by atoms with E-state index in [4.69, 9.17) is 0 Å². The summed E-state index contributed by atoms with van der Waals surface area (Å²) in [7, 11) is 2.00. The van der Waals surface area contributed by atoms with Gasteiger partial charge in [0, 0.05) is 25.8 Å². The van der Waals surface area contributed by atoms with Crippen molar-refractivity contribution in [1.82, 2.24) is 19.4 Å². The number of rotatable bonds is 8. The molecule has 2 aromatic heterocycles. The van der Waals surface area contributed by atoms with E-state index < -0.39 is 0 Å². The molecule has 6 heteroatoms. The van der Waals surface area contributed by atoms with Gasteiger partial charge in [0.15, 0.2) is 5.69 Å². The van der Waals surface area contributed by atoms with Gasteiger partial charge in [-0.05, 0) is 43.3 Å². The van der Waals surface area contributed by atoms with Crippen molar-refractivity contribution in [3.8, 4) is 0 Å². The van der Waals surface area contributed by atoms with Crippen LogP contribution in [0.3, 0.4) is 0 Å². The van der Waals surface area contributed by atoms with Crippen molar-refractivity contribution in [2.45, 2.75) is 13.5 Å². The fourth-order valence-corrected chi connectivity index (χ4v) is 3.00. The minimum Gasteiger partial charge on any atom is -0.329 e. The van der Waals surface area contributed by atoms with Gasteiger partial charge in [-0.25, -0.2) is 4.52 Å². The second-order valence-electron chi connectivity index (χ2n) is 6.74. The average molecular weight is 364 g/mol. The Labute approximate surface area is 159 Å². The predicted molar refractivity (Wildman–Crippen MR) is 105 cm³/mol. The molecule has 0 N–H and O–H groups in total. The van der Waals surface area contributed by atoms with Crippen LogP contribution in [0.25, 0.3) is 5.52 Å². The second kappa shape index (κ2) is 8.60. The van der Waals surface area contributed by atoms with Crippen LogP contribution >= 0.6 is 0 Å². The lowest BCUT2D eigenvalue weighted by molar-refractivity contribution is -0.108. The number of carbonyl (C=O) groups is 2. The third kappa shape index (κ3) is 4.80. The molecule has 3 rings (SSSR count). The highest BCUT2D eigenvalue weighted by Gasteiger charge is 2.19. The van der Waals surface area contributed by atoms with Crippen molar-refractivity contribution in [3.63, 3.8) is 0 Å². The van der Waals surface area contributed by atoms with Crippen molar-refractivity contribution in [2.24, 2.45) is 0 Å². The third-order valence-electron chi connectivity index (χ3n) is 4.47. The Hall–Kier alpha value is -2.99. The normalized spacial score (nSPS) is 11.1. The molecule has 0 saturated carbocycles. The minimum atomic E-state index is -0.225. The van der Waals surface area contributed by atoms with Crippen molar-refractivity contribution in [1.29, 1.82) is 0 Å². The summed E-state index contributed by atoms with van der Waals surface area (Å²) < 4.78 is 1.68. The Morgan fingerprint density at radius 2 is 1.93 bits per heavy atom. The fraction of sp³-hybridized carbons (Fsp3) is 0.286. The largest absolute Gasteiger partial charge is 0.329 e. The topological polar surface area (TPSA) is 57.9 Å². The van der Waals surface area contributed by atoms with Crippen LogP contribution < -0.4 is 0 Å². The summed E-state index contributed by atoms with van der Waals surface area (Å²) in [5, 5.41) is 4.35. The average Bonchev–Trinajstić information content (AvgIpc) is 3.08. The number of aldehydes is 1. The molecule has 2 heterocycles. The highest BCUT2D eigenvalue weighted by atomic mass is 16.2. The molecule has 0 aliphatic rings. The number of aryl methyl sites for hydroxylation is 1. The van der Waals surface area contributed by atoms with Gasteiger partial charge in [0.2, 0.25) is 0 Å². The van der Waals surface area contributed by atoms with E-state index in [0.29, 0.717) is 18.8 Å². The van der Waals surface area contributed by atoms with Crippen LogP contribution in [0.1, 0.15) is 21.6 Å². The van der Waals surface area contributed by atoms with E-state index in [1.165, 1.54) is 5.56 Å². The van der Waals surface area contributed by atoms with Gasteiger partial charge in [0.05, 0.1) is 12.1 Å². The Balaban J connectivity index is 1.66. The molecular formula is C21H24N4O2. The lowest BCUT2D eigenvalue weighted by Gasteiger charge is -2.23. The Morgan fingerprint density at radius 1 is 1.15 bits per heavy atom. The molecule has 0 unspecified atom stereocenters. The highest BCUT2D eigenvalue weighted by molar-refractivity contribution is 5.94. The zero-order chi connectivity index (χ0) is 19.2. The maximum atomic E-state index is 12.8. The standard InChI is InChI=1S/C21H24N4O2/c1-17-8-9-25-19(14-17)15-20(22-25)21(27)24(12-13-26)11-10-23(2)16-18-6-4-3-5-7-18/h3-9,13-15H,10-12,16H2,1-2H3. The van der Waals surface area contributed by atoms with Gasteiger partial charge in [-0.1, -0.05) is 30.3 Å². The van der Waals surface area contributed by atoms with Gasteiger partial charge in [0.1, 0.15) is 6.29 Å². The summed E-state index contributed by atoms with van der Waals surface area (Å²) in [6.07, 6.45) is 2.59. The Kier molecular flexibility index (Phi) is 5.98. The number of benzene rings is 1. The molecule has 140 valence electrons. The third-order valence-corrected chi connectivity index (χ3v) is 4.47. The number of nitrogens with zero attached hydrogens (tertiary/aromatic N) is 4. The summed E-state index contributed by atoms with van der Waals surface area (Å²) in [4.78, 5) is 27.6. The van der Waals surface area contributed by atoms with E-state index >= 15 is 0 Å². The van der Waals surface area contributed by atoms with Gasteiger partial charge in [0.25, 0.3) is 5.91 Å². The van der Waals surface area contributed by atoms with Crippen molar-refractivity contribution in [2.75, 3.05) is 26.7 Å². The van der Waals surface area contributed by atoms with Gasteiger partial charge >= 0.3 is 0 Å². The van der Waals surface area contributed by atoms with Crippen LogP contribution in [0.4, 0.5) is 0 Å². The van der Waals surface area contributed by atoms with E-state index in [2.05, 4.69) is 22.1 Å². The lowest BCUT2D eigenvalue weighted by atomic mass is 10.2. The number of hydrogen-bond acceptors (Lipinski definition) is 4. The minimum absolute atomic E-state index is 0.0604. The molecule has 0 aliphatic heterocycles. The smallest absolute Gasteiger partial charge is 0.274 e. The highest BCUT2D eigenvalue weighted by Crippen LogP contribution is 2.11. The van der Waals surface area contributed by atoms with Crippen LogP contribution in [0, 0.1) is 6.92 Å². The molecule has 3 aromatic rings.